The molecule has 3 aliphatic rings. The number of anilines is 4. The second-order valence-corrected chi connectivity index (χ2v) is 9.51. The van der Waals surface area contributed by atoms with Gasteiger partial charge in [0.25, 0.3) is 0 Å². The lowest BCUT2D eigenvalue weighted by Crippen LogP contribution is -2.63. The van der Waals surface area contributed by atoms with E-state index in [1.54, 1.807) is 6.07 Å². The average molecular weight is 490 g/mol. The Balaban J connectivity index is 1.29. The van der Waals surface area contributed by atoms with Crippen LogP contribution in [0.2, 0.25) is 5.02 Å². The number of nitrogens with one attached hydrogen (secondary N) is 3. The van der Waals surface area contributed by atoms with Crippen molar-refractivity contribution in [2.45, 2.75) is 24.9 Å². The zero-order valence-corrected chi connectivity index (χ0v) is 19.8. The molecule has 1 aromatic carbocycles. The van der Waals surface area contributed by atoms with Crippen molar-refractivity contribution in [1.29, 1.82) is 10.5 Å². The summed E-state index contributed by atoms with van der Waals surface area (Å²) in [5, 5.41) is 34.0. The van der Waals surface area contributed by atoms with Crippen molar-refractivity contribution in [1.82, 2.24) is 29.8 Å². The minimum absolute atomic E-state index is 0.264. The third-order valence-electron chi connectivity index (χ3n) is 6.69. The molecule has 3 aromatic rings. The number of piperazine rings is 1. The van der Waals surface area contributed by atoms with Gasteiger partial charge in [0.2, 0.25) is 5.95 Å². The van der Waals surface area contributed by atoms with Gasteiger partial charge in [-0.3, -0.25) is 4.90 Å². The van der Waals surface area contributed by atoms with Gasteiger partial charge in [0.1, 0.15) is 6.07 Å². The molecule has 178 valence electrons. The smallest absolute Gasteiger partial charge is 0.247 e. The van der Waals surface area contributed by atoms with Gasteiger partial charge in [-0.25, -0.2) is 4.98 Å². The highest BCUT2D eigenvalue weighted by Crippen LogP contribution is 2.38. The van der Waals surface area contributed by atoms with Gasteiger partial charge in [-0.05, 0) is 25.0 Å². The van der Waals surface area contributed by atoms with E-state index in [4.69, 9.17) is 11.6 Å². The summed E-state index contributed by atoms with van der Waals surface area (Å²) in [7, 11) is 0. The van der Waals surface area contributed by atoms with Crippen LogP contribution < -0.4 is 20.9 Å². The first kappa shape index (κ1) is 21.9. The van der Waals surface area contributed by atoms with E-state index in [-0.39, 0.29) is 5.95 Å². The predicted molar refractivity (Wildman–Crippen MR) is 132 cm³/mol. The van der Waals surface area contributed by atoms with Crippen LogP contribution in [0.1, 0.15) is 24.1 Å². The number of fused-ring (bicyclic) bond motifs is 1. The summed E-state index contributed by atoms with van der Waals surface area (Å²) in [4.78, 5) is 13.6. The van der Waals surface area contributed by atoms with Crippen LogP contribution in [-0.4, -0.2) is 75.8 Å². The van der Waals surface area contributed by atoms with Crippen LogP contribution in [0.15, 0.2) is 18.3 Å². The standard InChI is InChI=1S/C23H24ClN11/c24-20-18(7-14(9-25)8-19(20)34-12-17(13-34)33-5-3-27-4-6-33)30-23-31-21(29-15-1-2-15)22-28-11-16(10-26)35(22)32-23/h7-8,11,15,17,27H,1-6,12-13H2,(H2,29,30,31,32). The number of hydrogen-bond acceptors (Lipinski definition) is 10. The summed E-state index contributed by atoms with van der Waals surface area (Å²) >= 11 is 6.84. The van der Waals surface area contributed by atoms with Crippen LogP contribution >= 0.6 is 11.6 Å². The highest BCUT2D eigenvalue weighted by Gasteiger charge is 2.34. The predicted octanol–water partition coefficient (Wildman–Crippen LogP) is 1.93. The molecule has 0 unspecified atom stereocenters. The van der Waals surface area contributed by atoms with E-state index in [1.807, 2.05) is 6.07 Å². The maximum absolute atomic E-state index is 9.66. The molecular weight excluding hydrogens is 466 g/mol. The summed E-state index contributed by atoms with van der Waals surface area (Å²) in [6.45, 7) is 5.86. The Morgan fingerprint density at radius 3 is 2.63 bits per heavy atom. The van der Waals surface area contributed by atoms with E-state index in [0.29, 0.717) is 45.5 Å². The maximum Gasteiger partial charge on any atom is 0.247 e. The van der Waals surface area contributed by atoms with E-state index < -0.39 is 0 Å². The molecule has 0 atom stereocenters. The molecule has 2 aliphatic heterocycles. The Bertz CT molecular complexity index is 1350. The minimum Gasteiger partial charge on any atom is -0.367 e. The summed E-state index contributed by atoms with van der Waals surface area (Å²) in [5.74, 6) is 0.821. The highest BCUT2D eigenvalue weighted by atomic mass is 35.5. The molecule has 0 spiro atoms. The van der Waals surface area contributed by atoms with Crippen LogP contribution in [0.4, 0.5) is 23.1 Å². The van der Waals surface area contributed by atoms with Gasteiger partial charge in [-0.1, -0.05) is 11.6 Å². The van der Waals surface area contributed by atoms with Gasteiger partial charge >= 0.3 is 0 Å². The minimum atomic E-state index is 0.264. The number of nitriles is 2. The molecular formula is C23H24ClN11. The molecule has 35 heavy (non-hydrogen) atoms. The van der Waals surface area contributed by atoms with Gasteiger partial charge in [-0.15, -0.1) is 5.10 Å². The third-order valence-corrected chi connectivity index (χ3v) is 7.09. The topological polar surface area (TPSA) is 133 Å². The van der Waals surface area contributed by atoms with Gasteiger partial charge in [0.15, 0.2) is 17.2 Å². The zero-order valence-electron chi connectivity index (χ0n) is 19.0. The number of hydrogen-bond donors (Lipinski definition) is 3. The second-order valence-electron chi connectivity index (χ2n) is 9.13. The van der Waals surface area contributed by atoms with Crippen molar-refractivity contribution in [2.75, 3.05) is 54.8 Å². The zero-order chi connectivity index (χ0) is 23.9. The first-order valence-corrected chi connectivity index (χ1v) is 12.1. The first-order chi connectivity index (χ1) is 17.1. The molecule has 11 nitrogen and oxygen atoms in total. The molecule has 3 fully saturated rings. The quantitative estimate of drug-likeness (QED) is 0.471. The summed E-state index contributed by atoms with van der Waals surface area (Å²) in [6.07, 6.45) is 3.61. The number of imidazole rings is 1. The Morgan fingerprint density at radius 2 is 1.91 bits per heavy atom. The van der Waals surface area contributed by atoms with E-state index >= 15 is 0 Å². The van der Waals surface area contributed by atoms with Crippen molar-refractivity contribution in [3.8, 4) is 12.1 Å². The number of benzene rings is 1. The van der Waals surface area contributed by atoms with Crippen LogP contribution in [0, 0.1) is 22.7 Å². The van der Waals surface area contributed by atoms with Gasteiger partial charge in [0, 0.05) is 51.4 Å². The van der Waals surface area contributed by atoms with E-state index in [9.17, 15) is 10.5 Å². The normalized spacial score (nSPS) is 18.7. The van der Waals surface area contributed by atoms with Gasteiger partial charge in [-0.2, -0.15) is 20.0 Å². The van der Waals surface area contributed by atoms with Crippen LogP contribution in [-0.2, 0) is 0 Å². The molecule has 2 aromatic heterocycles. The van der Waals surface area contributed by atoms with Crippen molar-refractivity contribution < 1.29 is 0 Å². The second kappa shape index (κ2) is 8.86. The fourth-order valence-electron chi connectivity index (χ4n) is 4.57. The van der Waals surface area contributed by atoms with Crippen LogP contribution in [0.3, 0.4) is 0 Å². The van der Waals surface area contributed by atoms with Crippen molar-refractivity contribution in [2.24, 2.45) is 0 Å². The van der Waals surface area contributed by atoms with E-state index in [2.05, 4.69) is 53.0 Å². The lowest BCUT2D eigenvalue weighted by Gasteiger charge is -2.48. The van der Waals surface area contributed by atoms with Crippen molar-refractivity contribution >= 4 is 40.4 Å². The Morgan fingerprint density at radius 1 is 1.11 bits per heavy atom. The summed E-state index contributed by atoms with van der Waals surface area (Å²) in [5.41, 5.74) is 2.66. The van der Waals surface area contributed by atoms with Gasteiger partial charge < -0.3 is 20.9 Å². The highest BCUT2D eigenvalue weighted by molar-refractivity contribution is 6.36. The van der Waals surface area contributed by atoms with E-state index in [1.165, 1.54) is 10.7 Å². The number of halogens is 1. The fraction of sp³-hybridized carbons (Fsp3) is 0.435. The number of nitrogens with zero attached hydrogens (tertiary/aromatic N) is 8. The SMILES string of the molecule is N#Cc1cc(Nc2nc(NC3CC3)c3ncc(C#N)n3n2)c(Cl)c(N2CC(N3CCNCC3)C2)c1. The number of rotatable bonds is 6. The molecule has 0 amide bonds. The molecule has 4 heterocycles. The molecule has 1 aliphatic carbocycles. The molecule has 2 saturated heterocycles. The monoisotopic (exact) mass is 489 g/mol. The Hall–Kier alpha value is -3.64. The largest absolute Gasteiger partial charge is 0.367 e. The molecule has 3 N–H and O–H groups in total. The van der Waals surface area contributed by atoms with Gasteiger partial charge in [0.05, 0.1) is 34.2 Å². The molecule has 6 rings (SSSR count). The maximum atomic E-state index is 9.66. The fourth-order valence-corrected chi connectivity index (χ4v) is 4.85. The van der Waals surface area contributed by atoms with E-state index in [0.717, 1.165) is 57.8 Å². The first-order valence-electron chi connectivity index (χ1n) is 11.8. The lowest BCUT2D eigenvalue weighted by atomic mass is 10.0. The molecule has 0 bridgehead atoms. The number of aromatic nitrogens is 4. The molecule has 12 heteroatoms. The Kier molecular flexibility index (Phi) is 5.53. The molecule has 1 saturated carbocycles. The Labute approximate surface area is 207 Å². The molecule has 0 radical (unpaired) electrons. The third kappa shape index (κ3) is 4.19. The van der Waals surface area contributed by atoms with Crippen molar-refractivity contribution in [3.63, 3.8) is 0 Å². The average Bonchev–Trinajstić information content (AvgIpc) is 3.57. The summed E-state index contributed by atoms with van der Waals surface area (Å²) < 4.78 is 1.47. The lowest BCUT2D eigenvalue weighted by molar-refractivity contribution is 0.147. The van der Waals surface area contributed by atoms with Crippen LogP contribution in [0.25, 0.3) is 5.65 Å². The van der Waals surface area contributed by atoms with Crippen LogP contribution in [0.5, 0.6) is 0 Å². The summed E-state index contributed by atoms with van der Waals surface area (Å²) in [6, 6.07) is 8.70. The van der Waals surface area contributed by atoms with Crippen molar-refractivity contribution in [3.05, 3.63) is 34.6 Å².